The van der Waals surface area contributed by atoms with Gasteiger partial charge in [0.1, 0.15) is 17.7 Å². The Hall–Kier alpha value is -1.74. The second-order valence-corrected chi connectivity index (χ2v) is 4.80. The number of aryl methyl sites for hydroxylation is 2. The Morgan fingerprint density at radius 3 is 2.25 bits per heavy atom. The van der Waals surface area contributed by atoms with Gasteiger partial charge in [0.25, 0.3) is 0 Å². The van der Waals surface area contributed by atoms with Crippen LogP contribution in [0.3, 0.4) is 0 Å². The maximum absolute atomic E-state index is 13.7. The summed E-state index contributed by atoms with van der Waals surface area (Å²) in [6.45, 7) is 4.12. The van der Waals surface area contributed by atoms with E-state index in [0.717, 1.165) is 30.5 Å². The molecule has 0 heterocycles. The van der Waals surface area contributed by atoms with Crippen molar-refractivity contribution in [3.63, 3.8) is 0 Å². The molecule has 0 bridgehead atoms. The highest BCUT2D eigenvalue weighted by molar-refractivity contribution is 5.37. The summed E-state index contributed by atoms with van der Waals surface area (Å²) in [6, 6.07) is 8.88. The molecule has 106 valence electrons. The molecule has 0 aromatic heterocycles. The molecule has 20 heavy (non-hydrogen) atoms. The molecule has 0 spiro atoms. The fraction of sp³-hybridized carbons (Fsp3) is 0.294. The number of halogens is 2. The zero-order valence-corrected chi connectivity index (χ0v) is 11.7. The fourth-order valence-corrected chi connectivity index (χ4v) is 2.39. The number of rotatable bonds is 4. The van der Waals surface area contributed by atoms with Crippen LogP contribution >= 0.6 is 0 Å². The van der Waals surface area contributed by atoms with E-state index >= 15 is 0 Å². The van der Waals surface area contributed by atoms with Crippen LogP contribution < -0.4 is 0 Å². The fourth-order valence-electron chi connectivity index (χ4n) is 2.39. The number of benzene rings is 2. The van der Waals surface area contributed by atoms with Gasteiger partial charge in [0.05, 0.1) is 0 Å². The second kappa shape index (κ2) is 6.14. The second-order valence-electron chi connectivity index (χ2n) is 4.80. The maximum Gasteiger partial charge on any atom is 0.132 e. The first-order chi connectivity index (χ1) is 9.56. The highest BCUT2D eigenvalue weighted by Gasteiger charge is 2.16. The van der Waals surface area contributed by atoms with E-state index in [1.165, 1.54) is 11.6 Å². The molecule has 0 amide bonds. The van der Waals surface area contributed by atoms with Gasteiger partial charge in [-0.25, -0.2) is 8.78 Å². The van der Waals surface area contributed by atoms with Crippen LogP contribution in [0.2, 0.25) is 0 Å². The van der Waals surface area contributed by atoms with Gasteiger partial charge in [0, 0.05) is 11.6 Å². The van der Waals surface area contributed by atoms with Gasteiger partial charge >= 0.3 is 0 Å². The quantitative estimate of drug-likeness (QED) is 0.888. The third kappa shape index (κ3) is 2.88. The van der Waals surface area contributed by atoms with Crippen molar-refractivity contribution in [2.45, 2.75) is 32.8 Å². The zero-order valence-electron chi connectivity index (χ0n) is 11.7. The van der Waals surface area contributed by atoms with Gasteiger partial charge in [0.15, 0.2) is 0 Å². The van der Waals surface area contributed by atoms with Crippen LogP contribution in [0.1, 0.15) is 42.2 Å². The molecular formula is C17H18F2O. The third-order valence-electron chi connectivity index (χ3n) is 3.56. The van der Waals surface area contributed by atoms with Crippen LogP contribution in [0.5, 0.6) is 0 Å². The van der Waals surface area contributed by atoms with E-state index in [1.807, 2.05) is 19.1 Å². The van der Waals surface area contributed by atoms with Crippen molar-refractivity contribution < 1.29 is 13.9 Å². The first-order valence-electron chi connectivity index (χ1n) is 6.81. The number of aliphatic hydroxyl groups is 1. The predicted octanol–water partition coefficient (Wildman–Crippen LogP) is 4.17. The maximum atomic E-state index is 13.7. The van der Waals surface area contributed by atoms with Gasteiger partial charge in [-0.15, -0.1) is 0 Å². The van der Waals surface area contributed by atoms with Gasteiger partial charge in [-0.3, -0.25) is 0 Å². The molecule has 2 rings (SSSR count). The molecular weight excluding hydrogens is 258 g/mol. The Balaban J connectivity index is 2.40. The van der Waals surface area contributed by atoms with Crippen molar-refractivity contribution in [2.24, 2.45) is 0 Å². The first-order valence-corrected chi connectivity index (χ1v) is 6.81. The van der Waals surface area contributed by atoms with Gasteiger partial charge < -0.3 is 5.11 Å². The summed E-state index contributed by atoms with van der Waals surface area (Å²) in [7, 11) is 0. The lowest BCUT2D eigenvalue weighted by Crippen LogP contribution is -2.04. The van der Waals surface area contributed by atoms with E-state index in [2.05, 4.69) is 6.92 Å². The van der Waals surface area contributed by atoms with Crippen molar-refractivity contribution in [3.05, 3.63) is 70.3 Å². The number of hydrogen-bond donors (Lipinski definition) is 1. The normalized spacial score (nSPS) is 12.4. The molecule has 0 saturated carbocycles. The van der Waals surface area contributed by atoms with Crippen LogP contribution in [0, 0.1) is 11.6 Å². The Bertz CT molecular complexity index is 608. The minimum atomic E-state index is -1.08. The van der Waals surface area contributed by atoms with Gasteiger partial charge in [0.2, 0.25) is 0 Å². The monoisotopic (exact) mass is 276 g/mol. The zero-order chi connectivity index (χ0) is 14.7. The third-order valence-corrected chi connectivity index (χ3v) is 3.56. The Morgan fingerprint density at radius 1 is 0.950 bits per heavy atom. The SMILES string of the molecule is CCc1ccc(C(O)c2ccc(F)cc2F)cc1CC. The molecule has 0 saturated heterocycles. The smallest absolute Gasteiger partial charge is 0.132 e. The van der Waals surface area contributed by atoms with Crippen LogP contribution in [-0.4, -0.2) is 5.11 Å². The lowest BCUT2D eigenvalue weighted by Gasteiger charge is -2.15. The van der Waals surface area contributed by atoms with E-state index < -0.39 is 17.7 Å². The van der Waals surface area contributed by atoms with E-state index in [0.29, 0.717) is 5.56 Å². The first kappa shape index (κ1) is 14.7. The Kier molecular flexibility index (Phi) is 4.50. The lowest BCUT2D eigenvalue weighted by atomic mass is 9.95. The molecule has 3 heteroatoms. The summed E-state index contributed by atoms with van der Waals surface area (Å²) in [6.07, 6.45) is 0.701. The molecule has 1 atom stereocenters. The van der Waals surface area contributed by atoms with Crippen LogP contribution in [-0.2, 0) is 12.8 Å². The molecule has 0 aliphatic carbocycles. The predicted molar refractivity (Wildman–Crippen MR) is 75.6 cm³/mol. The molecule has 1 nitrogen and oxygen atoms in total. The van der Waals surface area contributed by atoms with Crippen molar-refractivity contribution in [1.82, 2.24) is 0 Å². The Labute approximate surface area is 117 Å². The van der Waals surface area contributed by atoms with Crippen molar-refractivity contribution in [2.75, 3.05) is 0 Å². The lowest BCUT2D eigenvalue weighted by molar-refractivity contribution is 0.214. The van der Waals surface area contributed by atoms with Crippen LogP contribution in [0.15, 0.2) is 36.4 Å². The average molecular weight is 276 g/mol. The molecule has 0 radical (unpaired) electrons. The summed E-state index contributed by atoms with van der Waals surface area (Å²) in [5, 5.41) is 10.3. The summed E-state index contributed by atoms with van der Waals surface area (Å²) >= 11 is 0. The molecule has 1 unspecified atom stereocenters. The molecule has 0 fully saturated rings. The van der Waals surface area contributed by atoms with E-state index in [9.17, 15) is 13.9 Å². The topological polar surface area (TPSA) is 20.2 Å². The van der Waals surface area contributed by atoms with Gasteiger partial charge in [-0.05, 0) is 35.6 Å². The molecule has 2 aromatic carbocycles. The minimum Gasteiger partial charge on any atom is -0.384 e. The Morgan fingerprint density at radius 2 is 1.65 bits per heavy atom. The molecule has 2 aromatic rings. The van der Waals surface area contributed by atoms with E-state index in [-0.39, 0.29) is 5.56 Å². The summed E-state index contributed by atoms with van der Waals surface area (Å²) in [5.41, 5.74) is 3.09. The number of aliphatic hydroxyl groups excluding tert-OH is 1. The van der Waals surface area contributed by atoms with E-state index in [4.69, 9.17) is 0 Å². The molecule has 0 aliphatic rings. The molecule has 0 aliphatic heterocycles. The van der Waals surface area contributed by atoms with Crippen molar-refractivity contribution in [3.8, 4) is 0 Å². The van der Waals surface area contributed by atoms with E-state index in [1.54, 1.807) is 6.07 Å². The van der Waals surface area contributed by atoms with Gasteiger partial charge in [-0.1, -0.05) is 38.1 Å². The standard InChI is InChI=1S/C17H18F2O/c1-3-11-5-6-13(9-12(11)4-2)17(20)15-8-7-14(18)10-16(15)19/h5-10,17,20H,3-4H2,1-2H3. The average Bonchev–Trinajstić information content (AvgIpc) is 2.45. The largest absolute Gasteiger partial charge is 0.384 e. The molecule has 1 N–H and O–H groups in total. The van der Waals surface area contributed by atoms with Gasteiger partial charge in [-0.2, -0.15) is 0 Å². The highest BCUT2D eigenvalue weighted by atomic mass is 19.1. The number of hydrogen-bond acceptors (Lipinski definition) is 1. The highest BCUT2D eigenvalue weighted by Crippen LogP contribution is 2.27. The minimum absolute atomic E-state index is 0.0951. The summed E-state index contributed by atoms with van der Waals surface area (Å²) in [4.78, 5) is 0. The summed E-state index contributed by atoms with van der Waals surface area (Å²) < 4.78 is 26.6. The van der Waals surface area contributed by atoms with Crippen LogP contribution in [0.4, 0.5) is 8.78 Å². The summed E-state index contributed by atoms with van der Waals surface area (Å²) in [5.74, 6) is -1.37. The van der Waals surface area contributed by atoms with Crippen molar-refractivity contribution in [1.29, 1.82) is 0 Å². The van der Waals surface area contributed by atoms with Crippen LogP contribution in [0.25, 0.3) is 0 Å². The van der Waals surface area contributed by atoms with Crippen molar-refractivity contribution >= 4 is 0 Å².